The number of hydrogen-bond acceptors (Lipinski definition) is 4. The van der Waals surface area contributed by atoms with Crippen molar-refractivity contribution < 1.29 is 4.79 Å². The van der Waals surface area contributed by atoms with Gasteiger partial charge in [-0.15, -0.1) is 11.3 Å². The van der Waals surface area contributed by atoms with Crippen molar-refractivity contribution in [3.8, 4) is 11.3 Å². The van der Waals surface area contributed by atoms with Gasteiger partial charge in [0.2, 0.25) is 5.91 Å². The van der Waals surface area contributed by atoms with Crippen LogP contribution in [-0.4, -0.2) is 10.9 Å². The second kappa shape index (κ2) is 5.56. The number of hydrogen-bond donors (Lipinski definition) is 2. The molecule has 4 aliphatic carbocycles. The predicted molar refractivity (Wildman–Crippen MR) is 101 cm³/mol. The summed E-state index contributed by atoms with van der Waals surface area (Å²) < 4.78 is 0. The van der Waals surface area contributed by atoms with Crippen LogP contribution in [0, 0.1) is 23.2 Å². The van der Waals surface area contributed by atoms with Crippen LogP contribution in [-0.2, 0) is 4.79 Å². The Morgan fingerprint density at radius 2 is 1.84 bits per heavy atom. The summed E-state index contributed by atoms with van der Waals surface area (Å²) in [4.78, 5) is 17.5. The molecule has 5 heteroatoms. The molecule has 3 N–H and O–H groups in total. The third-order valence-electron chi connectivity index (χ3n) is 6.46. The van der Waals surface area contributed by atoms with Gasteiger partial charge >= 0.3 is 0 Å². The molecule has 0 spiro atoms. The smallest absolute Gasteiger partial charge is 0.230 e. The van der Waals surface area contributed by atoms with Gasteiger partial charge in [0, 0.05) is 16.6 Å². The monoisotopic (exact) mass is 353 g/mol. The van der Waals surface area contributed by atoms with E-state index in [1.165, 1.54) is 30.6 Å². The molecule has 4 aliphatic rings. The highest BCUT2D eigenvalue weighted by Gasteiger charge is 2.54. The number of nitrogens with one attached hydrogen (secondary N) is 1. The molecular formula is C20H23N3OS. The van der Waals surface area contributed by atoms with Crippen LogP contribution in [0.3, 0.4) is 0 Å². The van der Waals surface area contributed by atoms with Crippen molar-refractivity contribution in [2.75, 3.05) is 11.1 Å². The highest BCUT2D eigenvalue weighted by atomic mass is 32.1. The number of thiazole rings is 1. The topological polar surface area (TPSA) is 68.0 Å². The lowest BCUT2D eigenvalue weighted by Gasteiger charge is -2.55. The van der Waals surface area contributed by atoms with Gasteiger partial charge in [0.1, 0.15) is 0 Å². The van der Waals surface area contributed by atoms with E-state index in [2.05, 4.69) is 10.3 Å². The van der Waals surface area contributed by atoms with E-state index in [0.717, 1.165) is 54.0 Å². The maximum Gasteiger partial charge on any atom is 0.230 e. The molecule has 1 heterocycles. The Labute approximate surface area is 151 Å². The van der Waals surface area contributed by atoms with Crippen LogP contribution in [0.15, 0.2) is 29.6 Å². The molecule has 130 valence electrons. The summed E-state index contributed by atoms with van der Waals surface area (Å²) in [6.45, 7) is 0. The average Bonchev–Trinajstić information content (AvgIpc) is 3.00. The zero-order valence-electron chi connectivity index (χ0n) is 14.2. The Hall–Kier alpha value is -1.88. The first-order chi connectivity index (χ1) is 12.1. The van der Waals surface area contributed by atoms with E-state index in [1.807, 2.05) is 29.6 Å². The molecule has 4 saturated carbocycles. The second-order valence-electron chi connectivity index (χ2n) is 8.30. The Morgan fingerprint density at radius 1 is 1.16 bits per heavy atom. The van der Waals surface area contributed by atoms with Crippen molar-refractivity contribution in [1.29, 1.82) is 0 Å². The molecule has 0 atom stereocenters. The molecule has 1 aromatic heterocycles. The standard InChI is InChI=1S/C20H23N3OS/c21-19-23-17(11-25-19)15-2-1-3-16(7-15)22-18(24)20-8-12-4-13(9-20)6-14(5-12)10-20/h1-3,7,11-14H,4-6,8-10H2,(H2,21,23)(H,22,24). The maximum atomic E-state index is 13.2. The first-order valence-electron chi connectivity index (χ1n) is 9.22. The molecule has 0 aliphatic heterocycles. The maximum absolute atomic E-state index is 13.2. The predicted octanol–water partition coefficient (Wildman–Crippen LogP) is 4.55. The van der Waals surface area contributed by atoms with Crippen LogP contribution >= 0.6 is 11.3 Å². The largest absolute Gasteiger partial charge is 0.375 e. The summed E-state index contributed by atoms with van der Waals surface area (Å²) in [6, 6.07) is 7.96. The third-order valence-corrected chi connectivity index (χ3v) is 7.13. The lowest BCUT2D eigenvalue weighted by molar-refractivity contribution is -0.140. The fourth-order valence-electron chi connectivity index (χ4n) is 5.83. The van der Waals surface area contributed by atoms with Crippen LogP contribution in [0.4, 0.5) is 10.8 Å². The number of rotatable bonds is 3. The van der Waals surface area contributed by atoms with E-state index in [1.54, 1.807) is 0 Å². The summed E-state index contributed by atoms with van der Waals surface area (Å²) >= 11 is 1.44. The SMILES string of the molecule is Nc1nc(-c2cccc(NC(=O)C34CC5CC(CC(C5)C3)C4)c2)cs1. The van der Waals surface area contributed by atoms with Crippen molar-refractivity contribution in [2.45, 2.75) is 38.5 Å². The summed E-state index contributed by atoms with van der Waals surface area (Å²) in [7, 11) is 0. The van der Waals surface area contributed by atoms with Gasteiger partial charge in [0.05, 0.1) is 11.1 Å². The van der Waals surface area contributed by atoms with E-state index in [9.17, 15) is 4.79 Å². The molecule has 6 rings (SSSR count). The zero-order chi connectivity index (χ0) is 17.0. The summed E-state index contributed by atoms with van der Waals surface area (Å²) in [6.07, 6.45) is 7.33. The first-order valence-corrected chi connectivity index (χ1v) is 10.1. The van der Waals surface area contributed by atoms with E-state index in [4.69, 9.17) is 5.73 Å². The fourth-order valence-corrected chi connectivity index (χ4v) is 6.40. The number of nitrogen functional groups attached to an aromatic ring is 1. The second-order valence-corrected chi connectivity index (χ2v) is 9.19. The highest BCUT2D eigenvalue weighted by molar-refractivity contribution is 7.13. The van der Waals surface area contributed by atoms with Crippen LogP contribution in [0.25, 0.3) is 11.3 Å². The number of nitrogens with two attached hydrogens (primary N) is 1. The van der Waals surface area contributed by atoms with E-state index < -0.39 is 0 Å². The van der Waals surface area contributed by atoms with Crippen LogP contribution in [0.5, 0.6) is 0 Å². The van der Waals surface area contributed by atoms with Gasteiger partial charge in [-0.05, 0) is 68.4 Å². The summed E-state index contributed by atoms with van der Waals surface area (Å²) in [5.74, 6) is 2.57. The van der Waals surface area contributed by atoms with Gasteiger partial charge in [-0.3, -0.25) is 4.79 Å². The van der Waals surface area contributed by atoms with Crippen molar-refractivity contribution >= 4 is 28.1 Å². The average molecular weight is 353 g/mol. The normalized spacial score (nSPS) is 32.7. The van der Waals surface area contributed by atoms with E-state index in [-0.39, 0.29) is 11.3 Å². The molecular weight excluding hydrogens is 330 g/mol. The minimum atomic E-state index is -0.115. The summed E-state index contributed by atoms with van der Waals surface area (Å²) in [5.41, 5.74) is 8.36. The van der Waals surface area contributed by atoms with Crippen molar-refractivity contribution in [3.63, 3.8) is 0 Å². The van der Waals surface area contributed by atoms with Gasteiger partial charge in [-0.2, -0.15) is 0 Å². The molecule has 4 bridgehead atoms. The quantitative estimate of drug-likeness (QED) is 0.851. The van der Waals surface area contributed by atoms with E-state index >= 15 is 0 Å². The Morgan fingerprint density at radius 3 is 2.44 bits per heavy atom. The van der Waals surface area contributed by atoms with Gasteiger partial charge in [-0.1, -0.05) is 12.1 Å². The molecule has 0 radical (unpaired) electrons. The zero-order valence-corrected chi connectivity index (χ0v) is 15.0. The molecule has 1 amide bonds. The van der Waals surface area contributed by atoms with Gasteiger partial charge in [0.15, 0.2) is 5.13 Å². The number of benzene rings is 1. The van der Waals surface area contributed by atoms with Gasteiger partial charge < -0.3 is 11.1 Å². The number of anilines is 2. The van der Waals surface area contributed by atoms with Crippen LogP contribution < -0.4 is 11.1 Å². The number of aromatic nitrogens is 1. The highest BCUT2D eigenvalue weighted by Crippen LogP contribution is 2.60. The van der Waals surface area contributed by atoms with Crippen molar-refractivity contribution in [2.24, 2.45) is 23.2 Å². The lowest BCUT2D eigenvalue weighted by atomic mass is 9.49. The van der Waals surface area contributed by atoms with Crippen LogP contribution in [0.1, 0.15) is 38.5 Å². The third kappa shape index (κ3) is 2.65. The molecule has 25 heavy (non-hydrogen) atoms. The minimum absolute atomic E-state index is 0.115. The molecule has 0 unspecified atom stereocenters. The van der Waals surface area contributed by atoms with Crippen molar-refractivity contribution in [1.82, 2.24) is 4.98 Å². The van der Waals surface area contributed by atoms with Gasteiger partial charge in [-0.25, -0.2) is 4.98 Å². The lowest BCUT2D eigenvalue weighted by Crippen LogP contribution is -2.51. The molecule has 1 aromatic carbocycles. The number of nitrogens with zero attached hydrogens (tertiary/aromatic N) is 1. The fraction of sp³-hybridized carbons (Fsp3) is 0.500. The molecule has 4 nitrogen and oxygen atoms in total. The van der Waals surface area contributed by atoms with Crippen molar-refractivity contribution in [3.05, 3.63) is 29.6 Å². The van der Waals surface area contributed by atoms with Gasteiger partial charge in [0.25, 0.3) is 0 Å². The molecule has 2 aromatic rings. The number of carbonyl (C=O) groups is 1. The Kier molecular flexibility index (Phi) is 3.42. The minimum Gasteiger partial charge on any atom is -0.375 e. The molecule has 0 saturated heterocycles. The Balaban J connectivity index is 1.38. The number of amides is 1. The van der Waals surface area contributed by atoms with E-state index in [0.29, 0.717) is 5.13 Å². The molecule has 4 fully saturated rings. The number of carbonyl (C=O) groups excluding carboxylic acids is 1. The summed E-state index contributed by atoms with van der Waals surface area (Å²) in [5, 5.41) is 5.74. The first kappa shape index (κ1) is 15.4. The van der Waals surface area contributed by atoms with Crippen LogP contribution in [0.2, 0.25) is 0 Å². The Bertz CT molecular complexity index is 793.